The molecule has 0 saturated heterocycles. The average Bonchev–Trinajstić information content (AvgIpc) is 2.40. The topological polar surface area (TPSA) is 64.3 Å². The van der Waals surface area contributed by atoms with E-state index in [2.05, 4.69) is 28.7 Å². The fourth-order valence-corrected chi connectivity index (χ4v) is 1.89. The molecule has 0 unspecified atom stereocenters. The lowest BCUT2D eigenvalue weighted by Crippen LogP contribution is -2.24. The van der Waals surface area contributed by atoms with Crippen LogP contribution in [0.3, 0.4) is 0 Å². The summed E-state index contributed by atoms with van der Waals surface area (Å²) >= 11 is 0. The molecule has 1 aromatic carbocycles. The van der Waals surface area contributed by atoms with Gasteiger partial charge in [-0.15, -0.1) is 0 Å². The van der Waals surface area contributed by atoms with Crippen molar-refractivity contribution in [3.63, 3.8) is 0 Å². The number of fused-ring (bicyclic) bond motifs is 1. The van der Waals surface area contributed by atoms with Crippen molar-refractivity contribution < 1.29 is 4.74 Å². The fourth-order valence-electron chi connectivity index (χ4n) is 1.89. The van der Waals surface area contributed by atoms with Crippen molar-refractivity contribution in [1.29, 1.82) is 0 Å². The van der Waals surface area contributed by atoms with Crippen LogP contribution in [0.1, 0.15) is 13.8 Å². The molecule has 0 atom stereocenters. The minimum absolute atomic E-state index is 0.487. The molecule has 0 spiro atoms. The van der Waals surface area contributed by atoms with E-state index in [-0.39, 0.29) is 0 Å². The number of aromatic nitrogens is 2. The van der Waals surface area contributed by atoms with Crippen molar-refractivity contribution in [2.24, 2.45) is 0 Å². The Kier molecular flexibility index (Phi) is 3.50. The molecule has 0 saturated carbocycles. The second kappa shape index (κ2) is 5.08. The van der Waals surface area contributed by atoms with Gasteiger partial charge in [-0.2, -0.15) is 4.98 Å². The molecule has 2 rings (SSSR count). The molecule has 2 aromatic rings. The van der Waals surface area contributed by atoms with Gasteiger partial charge in [0.15, 0.2) is 0 Å². The second-order valence-electron chi connectivity index (χ2n) is 3.96. The summed E-state index contributed by atoms with van der Waals surface area (Å²) in [5.41, 5.74) is 6.83. The molecular formula is C13H18N4O. The Labute approximate surface area is 107 Å². The van der Waals surface area contributed by atoms with E-state index in [1.165, 1.54) is 0 Å². The average molecular weight is 246 g/mol. The van der Waals surface area contributed by atoms with Crippen molar-refractivity contribution in [3.8, 4) is 5.75 Å². The normalized spacial score (nSPS) is 10.6. The van der Waals surface area contributed by atoms with Gasteiger partial charge in [-0.05, 0) is 32.0 Å². The summed E-state index contributed by atoms with van der Waals surface area (Å²) in [6, 6.07) is 5.64. The summed E-state index contributed by atoms with van der Waals surface area (Å²) < 4.78 is 5.18. The highest BCUT2D eigenvalue weighted by molar-refractivity contribution is 5.90. The summed E-state index contributed by atoms with van der Waals surface area (Å²) in [5.74, 6) is 1.92. The van der Waals surface area contributed by atoms with E-state index in [4.69, 9.17) is 10.5 Å². The van der Waals surface area contributed by atoms with Gasteiger partial charge in [0, 0.05) is 18.5 Å². The largest absolute Gasteiger partial charge is 0.497 e. The summed E-state index contributed by atoms with van der Waals surface area (Å²) in [5, 5.41) is 0.824. The molecule has 0 radical (unpaired) electrons. The van der Waals surface area contributed by atoms with Crippen molar-refractivity contribution in [3.05, 3.63) is 18.2 Å². The van der Waals surface area contributed by atoms with Crippen LogP contribution in [0.4, 0.5) is 11.8 Å². The highest BCUT2D eigenvalue weighted by atomic mass is 16.5. The van der Waals surface area contributed by atoms with E-state index in [1.54, 1.807) is 7.11 Å². The lowest BCUT2D eigenvalue weighted by molar-refractivity contribution is 0.415. The Morgan fingerprint density at radius 2 is 1.94 bits per heavy atom. The predicted molar refractivity (Wildman–Crippen MR) is 74.1 cm³/mol. The number of rotatable bonds is 4. The van der Waals surface area contributed by atoms with Crippen molar-refractivity contribution >= 4 is 22.7 Å². The number of ether oxygens (including phenoxy) is 1. The molecule has 1 heterocycles. The van der Waals surface area contributed by atoms with Gasteiger partial charge in [0.25, 0.3) is 0 Å². The summed E-state index contributed by atoms with van der Waals surface area (Å²) in [6.07, 6.45) is 0. The molecule has 0 fully saturated rings. The summed E-state index contributed by atoms with van der Waals surface area (Å²) in [6.45, 7) is 5.86. The molecule has 0 aliphatic heterocycles. The standard InChI is InChI=1S/C13H18N4O/c1-4-17(5-2)13-15-11-7-6-9(18-3)8-10(11)12(14)16-13/h6-8H,4-5H2,1-3H3,(H2,14,15,16). The molecule has 0 aliphatic rings. The monoisotopic (exact) mass is 246 g/mol. The van der Waals surface area contributed by atoms with Crippen LogP contribution in [-0.4, -0.2) is 30.2 Å². The maximum Gasteiger partial charge on any atom is 0.227 e. The maximum atomic E-state index is 5.99. The van der Waals surface area contributed by atoms with E-state index in [9.17, 15) is 0 Å². The Morgan fingerprint density at radius 3 is 2.56 bits per heavy atom. The van der Waals surface area contributed by atoms with Gasteiger partial charge in [-0.3, -0.25) is 0 Å². The number of hydrogen-bond donors (Lipinski definition) is 1. The third-order valence-electron chi connectivity index (χ3n) is 2.97. The lowest BCUT2D eigenvalue weighted by atomic mass is 10.2. The van der Waals surface area contributed by atoms with E-state index < -0.39 is 0 Å². The molecule has 0 amide bonds. The number of benzene rings is 1. The van der Waals surface area contributed by atoms with Crippen LogP contribution in [0.25, 0.3) is 10.9 Å². The van der Waals surface area contributed by atoms with Gasteiger partial charge in [0.05, 0.1) is 12.6 Å². The fraction of sp³-hybridized carbons (Fsp3) is 0.385. The number of hydrogen-bond acceptors (Lipinski definition) is 5. The Balaban J connectivity index is 2.56. The highest BCUT2D eigenvalue weighted by Crippen LogP contribution is 2.25. The van der Waals surface area contributed by atoms with Gasteiger partial charge >= 0.3 is 0 Å². The Morgan fingerprint density at radius 1 is 1.22 bits per heavy atom. The van der Waals surface area contributed by atoms with Gasteiger partial charge in [0.1, 0.15) is 11.6 Å². The molecule has 2 N–H and O–H groups in total. The van der Waals surface area contributed by atoms with E-state index >= 15 is 0 Å². The SMILES string of the molecule is CCN(CC)c1nc(N)c2cc(OC)ccc2n1. The number of nitrogens with two attached hydrogens (primary N) is 1. The van der Waals surface area contributed by atoms with Crippen LogP contribution in [0, 0.1) is 0 Å². The van der Waals surface area contributed by atoms with Crippen LogP contribution in [0.15, 0.2) is 18.2 Å². The van der Waals surface area contributed by atoms with E-state index in [0.717, 1.165) is 29.7 Å². The molecule has 0 aliphatic carbocycles. The quantitative estimate of drug-likeness (QED) is 0.894. The predicted octanol–water partition coefficient (Wildman–Crippen LogP) is 2.07. The first-order valence-corrected chi connectivity index (χ1v) is 6.05. The van der Waals surface area contributed by atoms with Crippen molar-refractivity contribution in [2.75, 3.05) is 30.8 Å². The first-order chi connectivity index (χ1) is 8.69. The lowest BCUT2D eigenvalue weighted by Gasteiger charge is -2.19. The first-order valence-electron chi connectivity index (χ1n) is 6.05. The number of nitrogen functional groups attached to an aromatic ring is 1. The Bertz CT molecular complexity index is 552. The third-order valence-corrected chi connectivity index (χ3v) is 2.97. The van der Waals surface area contributed by atoms with Crippen LogP contribution >= 0.6 is 0 Å². The van der Waals surface area contributed by atoms with Gasteiger partial charge < -0.3 is 15.4 Å². The number of anilines is 2. The van der Waals surface area contributed by atoms with E-state index in [0.29, 0.717) is 11.8 Å². The van der Waals surface area contributed by atoms with E-state index in [1.807, 2.05) is 18.2 Å². The second-order valence-corrected chi connectivity index (χ2v) is 3.96. The zero-order chi connectivity index (χ0) is 13.1. The third kappa shape index (κ3) is 2.16. The molecule has 96 valence electrons. The van der Waals surface area contributed by atoms with Crippen LogP contribution in [0.2, 0.25) is 0 Å². The molecule has 18 heavy (non-hydrogen) atoms. The molecule has 5 heteroatoms. The van der Waals surface area contributed by atoms with Gasteiger partial charge in [-0.25, -0.2) is 4.98 Å². The minimum Gasteiger partial charge on any atom is -0.497 e. The minimum atomic E-state index is 0.487. The van der Waals surface area contributed by atoms with Crippen LogP contribution < -0.4 is 15.4 Å². The van der Waals surface area contributed by atoms with Crippen LogP contribution in [0.5, 0.6) is 5.75 Å². The Hall–Kier alpha value is -2.04. The molecule has 1 aromatic heterocycles. The molecular weight excluding hydrogens is 228 g/mol. The molecule has 5 nitrogen and oxygen atoms in total. The van der Waals surface area contributed by atoms with Crippen molar-refractivity contribution in [2.45, 2.75) is 13.8 Å². The molecule has 0 bridgehead atoms. The number of methoxy groups -OCH3 is 1. The zero-order valence-corrected chi connectivity index (χ0v) is 11.0. The summed E-state index contributed by atoms with van der Waals surface area (Å²) in [4.78, 5) is 11.0. The summed E-state index contributed by atoms with van der Waals surface area (Å²) in [7, 11) is 1.63. The smallest absolute Gasteiger partial charge is 0.227 e. The van der Waals surface area contributed by atoms with Crippen molar-refractivity contribution in [1.82, 2.24) is 9.97 Å². The number of nitrogens with zero attached hydrogens (tertiary/aromatic N) is 3. The van der Waals surface area contributed by atoms with Crippen LogP contribution in [-0.2, 0) is 0 Å². The zero-order valence-electron chi connectivity index (χ0n) is 11.0. The van der Waals surface area contributed by atoms with Gasteiger partial charge in [0.2, 0.25) is 5.95 Å². The van der Waals surface area contributed by atoms with Gasteiger partial charge in [-0.1, -0.05) is 0 Å². The maximum absolute atomic E-state index is 5.99. The first kappa shape index (κ1) is 12.4. The highest BCUT2D eigenvalue weighted by Gasteiger charge is 2.10.